The molecule has 220 valence electrons. The van der Waals surface area contributed by atoms with Crippen LogP contribution in [0.5, 0.6) is 11.5 Å². The predicted molar refractivity (Wildman–Crippen MR) is 171 cm³/mol. The van der Waals surface area contributed by atoms with Crippen LogP contribution in [0.2, 0.25) is 0 Å². The highest BCUT2D eigenvalue weighted by atomic mass is 32.2. The standard InChI is InChI=1S/C36H58O2S/c1-3-5-7-9-11-13-15-17-19-21-23-31-25-27-33(37)35(29-31)39-36-30-32(26-28-34(36)38)24-22-20-18-16-14-12-10-8-6-4-2/h25-30,37-38H,3-24H2,1-2H3. The van der Waals surface area contributed by atoms with Crippen LogP contribution < -0.4 is 0 Å². The van der Waals surface area contributed by atoms with Gasteiger partial charge < -0.3 is 10.2 Å². The fraction of sp³-hybridized carbons (Fsp3) is 0.667. The van der Waals surface area contributed by atoms with Gasteiger partial charge in [-0.25, -0.2) is 0 Å². The Morgan fingerprint density at radius 2 is 0.744 bits per heavy atom. The molecule has 0 fully saturated rings. The quantitative estimate of drug-likeness (QED) is 0.127. The summed E-state index contributed by atoms with van der Waals surface area (Å²) in [4.78, 5) is 1.68. The molecule has 2 rings (SSSR count). The molecule has 2 aromatic rings. The lowest BCUT2D eigenvalue weighted by molar-refractivity contribution is 0.459. The molecule has 0 amide bonds. The molecule has 0 unspecified atom stereocenters. The third-order valence-electron chi connectivity index (χ3n) is 7.91. The normalized spacial score (nSPS) is 11.3. The van der Waals surface area contributed by atoms with Crippen molar-refractivity contribution >= 4 is 11.8 Å². The zero-order chi connectivity index (χ0) is 28.0. The third-order valence-corrected chi connectivity index (χ3v) is 9.00. The van der Waals surface area contributed by atoms with Crippen molar-refractivity contribution in [3.63, 3.8) is 0 Å². The molecular formula is C36H58O2S. The van der Waals surface area contributed by atoms with E-state index in [4.69, 9.17) is 0 Å². The molecule has 0 saturated heterocycles. The maximum Gasteiger partial charge on any atom is 0.129 e. The fourth-order valence-electron chi connectivity index (χ4n) is 5.34. The van der Waals surface area contributed by atoms with Crippen molar-refractivity contribution in [2.45, 2.75) is 165 Å². The summed E-state index contributed by atoms with van der Waals surface area (Å²) in [5.41, 5.74) is 2.55. The van der Waals surface area contributed by atoms with Crippen molar-refractivity contribution in [3.8, 4) is 11.5 Å². The minimum Gasteiger partial charge on any atom is -0.507 e. The van der Waals surface area contributed by atoms with Gasteiger partial charge in [-0.15, -0.1) is 0 Å². The number of hydrogen-bond acceptors (Lipinski definition) is 3. The summed E-state index contributed by atoms with van der Waals surface area (Å²) in [6, 6.07) is 12.0. The second-order valence-corrected chi connectivity index (χ2v) is 12.7. The van der Waals surface area contributed by atoms with Crippen LogP contribution in [0.4, 0.5) is 0 Å². The summed E-state index contributed by atoms with van der Waals surface area (Å²) in [7, 11) is 0. The monoisotopic (exact) mass is 554 g/mol. The number of rotatable bonds is 24. The Hall–Kier alpha value is -1.61. The number of unbranched alkanes of at least 4 members (excludes halogenated alkanes) is 18. The molecular weight excluding hydrogens is 496 g/mol. The first-order chi connectivity index (χ1) is 19.1. The highest BCUT2D eigenvalue weighted by Crippen LogP contribution is 2.40. The van der Waals surface area contributed by atoms with E-state index in [9.17, 15) is 10.2 Å². The van der Waals surface area contributed by atoms with Gasteiger partial charge in [0.15, 0.2) is 0 Å². The Balaban J connectivity index is 1.70. The highest BCUT2D eigenvalue weighted by molar-refractivity contribution is 7.99. The zero-order valence-corrected chi connectivity index (χ0v) is 26.1. The molecule has 0 radical (unpaired) electrons. The molecule has 0 aliphatic carbocycles. The molecule has 2 N–H and O–H groups in total. The molecule has 0 spiro atoms. The SMILES string of the molecule is CCCCCCCCCCCCc1ccc(O)c(Sc2cc(CCCCCCCCCCCC)ccc2O)c1. The Bertz CT molecular complexity index is 807. The minimum absolute atomic E-state index is 0.298. The maximum atomic E-state index is 10.5. The highest BCUT2D eigenvalue weighted by Gasteiger charge is 2.10. The lowest BCUT2D eigenvalue weighted by Gasteiger charge is -2.11. The lowest BCUT2D eigenvalue weighted by atomic mass is 10.0. The van der Waals surface area contributed by atoms with Crippen LogP contribution in [0.3, 0.4) is 0 Å². The molecule has 2 aromatic carbocycles. The van der Waals surface area contributed by atoms with Crippen molar-refractivity contribution in [2.75, 3.05) is 0 Å². The molecule has 0 aliphatic heterocycles. The van der Waals surface area contributed by atoms with Gasteiger partial charge in [-0.05, 0) is 61.1 Å². The van der Waals surface area contributed by atoms with E-state index in [1.54, 1.807) is 0 Å². The van der Waals surface area contributed by atoms with Gasteiger partial charge >= 0.3 is 0 Å². The van der Waals surface area contributed by atoms with E-state index in [0.717, 1.165) is 22.6 Å². The second-order valence-electron chi connectivity index (χ2n) is 11.6. The summed E-state index contributed by atoms with van der Waals surface area (Å²) < 4.78 is 0. The average molecular weight is 555 g/mol. The van der Waals surface area contributed by atoms with Crippen LogP contribution in [0, 0.1) is 0 Å². The van der Waals surface area contributed by atoms with E-state index < -0.39 is 0 Å². The number of hydrogen-bond donors (Lipinski definition) is 2. The summed E-state index contributed by atoms with van der Waals surface area (Å²) in [5.74, 6) is 0.595. The Morgan fingerprint density at radius 1 is 0.436 bits per heavy atom. The van der Waals surface area contributed by atoms with Gasteiger partial charge in [0.05, 0.1) is 9.79 Å². The molecule has 2 nitrogen and oxygen atoms in total. The fourth-order valence-corrected chi connectivity index (χ4v) is 6.35. The van der Waals surface area contributed by atoms with Crippen molar-refractivity contribution in [2.24, 2.45) is 0 Å². The summed E-state index contributed by atoms with van der Waals surface area (Å²) in [5, 5.41) is 21.0. The van der Waals surface area contributed by atoms with E-state index in [0.29, 0.717) is 11.5 Å². The van der Waals surface area contributed by atoms with Gasteiger partial charge in [-0.1, -0.05) is 153 Å². The predicted octanol–water partition coefficient (Wildman–Crippen LogP) is 12.2. The topological polar surface area (TPSA) is 40.5 Å². The van der Waals surface area contributed by atoms with Crippen LogP contribution in [0.25, 0.3) is 0 Å². The van der Waals surface area contributed by atoms with E-state index in [1.807, 2.05) is 12.1 Å². The van der Waals surface area contributed by atoms with Crippen LogP contribution in [-0.4, -0.2) is 10.2 Å². The van der Waals surface area contributed by atoms with Crippen LogP contribution in [0.15, 0.2) is 46.2 Å². The molecule has 0 bridgehead atoms. The third kappa shape index (κ3) is 15.7. The molecule has 0 aromatic heterocycles. The maximum absolute atomic E-state index is 10.5. The molecule has 0 heterocycles. The Labute approximate surface area is 245 Å². The molecule has 0 aliphatic rings. The zero-order valence-electron chi connectivity index (χ0n) is 25.3. The summed E-state index contributed by atoms with van der Waals surface area (Å²) >= 11 is 1.49. The smallest absolute Gasteiger partial charge is 0.129 e. The van der Waals surface area contributed by atoms with Crippen molar-refractivity contribution in [3.05, 3.63) is 47.5 Å². The van der Waals surface area contributed by atoms with Crippen molar-refractivity contribution < 1.29 is 10.2 Å². The molecule has 0 atom stereocenters. The largest absolute Gasteiger partial charge is 0.507 e. The number of aryl methyl sites for hydroxylation is 2. The second kappa shape index (κ2) is 22.1. The van der Waals surface area contributed by atoms with Crippen molar-refractivity contribution in [1.29, 1.82) is 0 Å². The first kappa shape index (κ1) is 33.6. The number of phenolic OH excluding ortho intramolecular Hbond substituents is 2. The van der Waals surface area contributed by atoms with Crippen molar-refractivity contribution in [1.82, 2.24) is 0 Å². The van der Waals surface area contributed by atoms with Crippen LogP contribution >= 0.6 is 11.8 Å². The number of benzene rings is 2. The first-order valence-electron chi connectivity index (χ1n) is 16.5. The molecule has 3 heteroatoms. The van der Waals surface area contributed by atoms with Crippen LogP contribution in [-0.2, 0) is 12.8 Å². The average Bonchev–Trinajstić information content (AvgIpc) is 2.94. The Kier molecular flexibility index (Phi) is 19.1. The number of aromatic hydroxyl groups is 2. The van der Waals surface area contributed by atoms with Crippen LogP contribution in [0.1, 0.15) is 153 Å². The van der Waals surface area contributed by atoms with Gasteiger partial charge in [0.2, 0.25) is 0 Å². The molecule has 39 heavy (non-hydrogen) atoms. The first-order valence-corrected chi connectivity index (χ1v) is 17.3. The van der Waals surface area contributed by atoms with Gasteiger partial charge in [0.1, 0.15) is 11.5 Å². The Morgan fingerprint density at radius 3 is 1.08 bits per heavy atom. The number of phenols is 2. The van der Waals surface area contributed by atoms with E-state index in [1.165, 1.54) is 151 Å². The molecule has 0 saturated carbocycles. The van der Waals surface area contributed by atoms with E-state index >= 15 is 0 Å². The lowest BCUT2D eigenvalue weighted by Crippen LogP contribution is -1.89. The van der Waals surface area contributed by atoms with Gasteiger partial charge in [0.25, 0.3) is 0 Å². The van der Waals surface area contributed by atoms with Gasteiger partial charge in [0, 0.05) is 0 Å². The summed E-state index contributed by atoms with van der Waals surface area (Å²) in [6.45, 7) is 4.55. The van der Waals surface area contributed by atoms with Gasteiger partial charge in [-0.3, -0.25) is 0 Å². The summed E-state index contributed by atoms with van der Waals surface area (Å²) in [6.07, 6.45) is 29.0. The van der Waals surface area contributed by atoms with E-state index in [-0.39, 0.29) is 0 Å². The van der Waals surface area contributed by atoms with E-state index in [2.05, 4.69) is 38.1 Å². The van der Waals surface area contributed by atoms with Gasteiger partial charge in [-0.2, -0.15) is 0 Å². The minimum atomic E-state index is 0.298.